The Kier molecular flexibility index (Phi) is 5.70. The van der Waals surface area contributed by atoms with E-state index in [9.17, 15) is 4.21 Å². The van der Waals surface area contributed by atoms with Gasteiger partial charge in [0.1, 0.15) is 0 Å². The SMILES string of the molecule is CC(C)(C)C1CCC(CN)C(S(=O)CC2CCCC2)C1. The van der Waals surface area contributed by atoms with Gasteiger partial charge in [-0.3, -0.25) is 4.21 Å². The molecule has 0 aromatic heterocycles. The first-order valence-corrected chi connectivity index (χ1v) is 9.87. The van der Waals surface area contributed by atoms with Crippen LogP contribution >= 0.6 is 0 Å². The van der Waals surface area contributed by atoms with Crippen LogP contribution in [0.1, 0.15) is 65.7 Å². The summed E-state index contributed by atoms with van der Waals surface area (Å²) >= 11 is 0. The lowest BCUT2D eigenvalue weighted by molar-refractivity contribution is 0.156. The summed E-state index contributed by atoms with van der Waals surface area (Å²) in [4.78, 5) is 0. The van der Waals surface area contributed by atoms with Gasteiger partial charge in [-0.15, -0.1) is 0 Å². The van der Waals surface area contributed by atoms with Gasteiger partial charge in [-0.2, -0.15) is 0 Å². The van der Waals surface area contributed by atoms with Crippen LogP contribution in [-0.2, 0) is 10.8 Å². The molecule has 20 heavy (non-hydrogen) atoms. The van der Waals surface area contributed by atoms with Crippen LogP contribution in [-0.4, -0.2) is 21.8 Å². The van der Waals surface area contributed by atoms with Crippen molar-refractivity contribution in [1.82, 2.24) is 0 Å². The molecule has 0 aliphatic heterocycles. The van der Waals surface area contributed by atoms with Crippen LogP contribution in [0.3, 0.4) is 0 Å². The molecule has 0 amide bonds. The maximum Gasteiger partial charge on any atom is 0.0391 e. The van der Waals surface area contributed by atoms with Crippen molar-refractivity contribution in [2.75, 3.05) is 12.3 Å². The van der Waals surface area contributed by atoms with E-state index in [-0.39, 0.29) is 0 Å². The Morgan fingerprint density at radius 2 is 1.75 bits per heavy atom. The lowest BCUT2D eigenvalue weighted by Gasteiger charge is -2.41. The molecule has 0 saturated heterocycles. The molecule has 2 saturated carbocycles. The topological polar surface area (TPSA) is 43.1 Å². The molecule has 0 spiro atoms. The Balaban J connectivity index is 1.98. The highest BCUT2D eigenvalue weighted by atomic mass is 32.2. The van der Waals surface area contributed by atoms with Crippen molar-refractivity contribution in [3.63, 3.8) is 0 Å². The van der Waals surface area contributed by atoms with Gasteiger partial charge in [0.25, 0.3) is 0 Å². The van der Waals surface area contributed by atoms with E-state index < -0.39 is 10.8 Å². The lowest BCUT2D eigenvalue weighted by Crippen LogP contribution is -2.41. The minimum Gasteiger partial charge on any atom is -0.330 e. The quantitative estimate of drug-likeness (QED) is 0.860. The summed E-state index contributed by atoms with van der Waals surface area (Å²) in [5.74, 6) is 2.88. The summed E-state index contributed by atoms with van der Waals surface area (Å²) in [7, 11) is -0.662. The fourth-order valence-corrected chi connectivity index (χ4v) is 6.27. The molecule has 4 atom stereocenters. The van der Waals surface area contributed by atoms with Gasteiger partial charge in [0.2, 0.25) is 0 Å². The average molecular weight is 300 g/mol. The number of rotatable bonds is 4. The van der Waals surface area contributed by atoms with E-state index in [4.69, 9.17) is 5.73 Å². The summed E-state index contributed by atoms with van der Waals surface area (Å²) in [5.41, 5.74) is 6.30. The second-order valence-electron chi connectivity index (χ2n) is 8.11. The third-order valence-electron chi connectivity index (χ3n) is 5.67. The van der Waals surface area contributed by atoms with Crippen LogP contribution in [0.15, 0.2) is 0 Å². The first-order chi connectivity index (χ1) is 9.41. The van der Waals surface area contributed by atoms with Crippen molar-refractivity contribution in [2.24, 2.45) is 28.9 Å². The van der Waals surface area contributed by atoms with Gasteiger partial charge >= 0.3 is 0 Å². The van der Waals surface area contributed by atoms with Gasteiger partial charge in [0, 0.05) is 21.8 Å². The second kappa shape index (κ2) is 6.91. The Bertz CT molecular complexity index is 330. The Labute approximate surface area is 127 Å². The van der Waals surface area contributed by atoms with Gasteiger partial charge in [-0.1, -0.05) is 33.6 Å². The Hall–Kier alpha value is 0.110. The first kappa shape index (κ1) is 16.5. The molecular formula is C17H33NOS. The van der Waals surface area contributed by atoms with Gasteiger partial charge < -0.3 is 5.73 Å². The molecule has 2 N–H and O–H groups in total. The fraction of sp³-hybridized carbons (Fsp3) is 1.00. The molecule has 2 nitrogen and oxygen atoms in total. The maximum absolute atomic E-state index is 12.9. The molecule has 0 bridgehead atoms. The lowest BCUT2D eigenvalue weighted by atomic mass is 9.69. The summed E-state index contributed by atoms with van der Waals surface area (Å²) in [6, 6.07) is 0. The van der Waals surface area contributed by atoms with Crippen LogP contribution < -0.4 is 5.73 Å². The zero-order valence-electron chi connectivity index (χ0n) is 13.6. The average Bonchev–Trinajstić information content (AvgIpc) is 2.89. The number of hydrogen-bond acceptors (Lipinski definition) is 2. The first-order valence-electron chi connectivity index (χ1n) is 8.49. The molecule has 0 radical (unpaired) electrons. The van der Waals surface area contributed by atoms with Crippen molar-refractivity contribution in [3.05, 3.63) is 0 Å². The van der Waals surface area contributed by atoms with Crippen molar-refractivity contribution >= 4 is 10.8 Å². The Morgan fingerprint density at radius 1 is 1.10 bits per heavy atom. The largest absolute Gasteiger partial charge is 0.330 e. The minimum absolute atomic E-state index is 0.343. The predicted octanol–water partition coefficient (Wildman–Crippen LogP) is 3.72. The highest BCUT2D eigenvalue weighted by Gasteiger charge is 2.38. The van der Waals surface area contributed by atoms with E-state index in [1.807, 2.05) is 0 Å². The molecular weight excluding hydrogens is 266 g/mol. The van der Waals surface area contributed by atoms with E-state index in [0.717, 1.165) is 24.6 Å². The van der Waals surface area contributed by atoms with E-state index in [0.29, 0.717) is 22.5 Å². The summed E-state index contributed by atoms with van der Waals surface area (Å²) in [5, 5.41) is 0.360. The summed E-state index contributed by atoms with van der Waals surface area (Å²) < 4.78 is 12.9. The third kappa shape index (κ3) is 4.07. The van der Waals surface area contributed by atoms with Crippen LogP contribution in [0.2, 0.25) is 0 Å². The molecule has 0 aromatic rings. The molecule has 0 heterocycles. The third-order valence-corrected chi connectivity index (χ3v) is 7.72. The predicted molar refractivity (Wildman–Crippen MR) is 88.1 cm³/mol. The van der Waals surface area contributed by atoms with Gasteiger partial charge in [0.15, 0.2) is 0 Å². The fourth-order valence-electron chi connectivity index (χ4n) is 4.10. The van der Waals surface area contributed by atoms with E-state index in [2.05, 4.69) is 20.8 Å². The highest BCUT2D eigenvalue weighted by Crippen LogP contribution is 2.42. The monoisotopic (exact) mass is 299 g/mol. The number of nitrogens with two attached hydrogens (primary N) is 1. The maximum atomic E-state index is 12.9. The highest BCUT2D eigenvalue weighted by molar-refractivity contribution is 7.85. The number of hydrogen-bond donors (Lipinski definition) is 1. The Morgan fingerprint density at radius 3 is 2.30 bits per heavy atom. The van der Waals surface area contributed by atoms with Gasteiger partial charge in [-0.25, -0.2) is 0 Å². The van der Waals surface area contributed by atoms with E-state index >= 15 is 0 Å². The van der Waals surface area contributed by atoms with E-state index in [1.165, 1.54) is 38.5 Å². The van der Waals surface area contributed by atoms with Crippen LogP contribution in [0.25, 0.3) is 0 Å². The molecule has 0 aromatic carbocycles. The molecule has 2 fully saturated rings. The summed E-state index contributed by atoms with van der Waals surface area (Å²) in [6.07, 6.45) is 8.87. The van der Waals surface area contributed by atoms with Crippen LogP contribution in [0.5, 0.6) is 0 Å². The molecule has 4 unspecified atom stereocenters. The minimum atomic E-state index is -0.662. The molecule has 118 valence electrons. The zero-order valence-corrected chi connectivity index (χ0v) is 14.4. The molecule has 2 aliphatic rings. The van der Waals surface area contributed by atoms with Gasteiger partial charge in [0.05, 0.1) is 0 Å². The molecule has 3 heteroatoms. The standard InChI is InChI=1S/C17H33NOS/c1-17(2,3)15-9-8-14(11-18)16(10-15)20(19)12-13-6-4-5-7-13/h13-16H,4-12,18H2,1-3H3. The van der Waals surface area contributed by atoms with Crippen LogP contribution in [0.4, 0.5) is 0 Å². The van der Waals surface area contributed by atoms with Crippen molar-refractivity contribution in [2.45, 2.75) is 71.0 Å². The zero-order chi connectivity index (χ0) is 14.8. The van der Waals surface area contributed by atoms with E-state index in [1.54, 1.807) is 0 Å². The molecule has 2 aliphatic carbocycles. The molecule has 2 rings (SSSR count). The van der Waals surface area contributed by atoms with Crippen molar-refractivity contribution < 1.29 is 4.21 Å². The summed E-state index contributed by atoms with van der Waals surface area (Å²) in [6.45, 7) is 7.71. The van der Waals surface area contributed by atoms with Crippen molar-refractivity contribution in [1.29, 1.82) is 0 Å². The van der Waals surface area contributed by atoms with Crippen LogP contribution in [0, 0.1) is 23.2 Å². The van der Waals surface area contributed by atoms with Crippen molar-refractivity contribution in [3.8, 4) is 0 Å². The van der Waals surface area contributed by atoms with Gasteiger partial charge in [-0.05, 0) is 61.8 Å². The smallest absolute Gasteiger partial charge is 0.0391 e. The normalized spacial score (nSPS) is 34.3. The second-order valence-corrected chi connectivity index (χ2v) is 9.81.